The van der Waals surface area contributed by atoms with Gasteiger partial charge in [0, 0.05) is 35.5 Å². The van der Waals surface area contributed by atoms with E-state index in [4.69, 9.17) is 37.4 Å². The Bertz CT molecular complexity index is 1090. The minimum atomic E-state index is -1.09. The van der Waals surface area contributed by atoms with Crippen molar-refractivity contribution in [3.05, 3.63) is 55.7 Å². The number of nitrogens with zero attached hydrogens (tertiary/aromatic N) is 2. The number of hydrogen-bond donors (Lipinski definition) is 0. The highest BCUT2D eigenvalue weighted by Crippen LogP contribution is 2.39. The van der Waals surface area contributed by atoms with Crippen molar-refractivity contribution in [3.8, 4) is 5.88 Å². The van der Waals surface area contributed by atoms with Gasteiger partial charge in [0.1, 0.15) is 0 Å². The molecule has 0 bridgehead atoms. The van der Waals surface area contributed by atoms with Gasteiger partial charge in [0.15, 0.2) is 6.10 Å². The maximum Gasteiger partial charge on any atom is 0.339 e. The highest BCUT2D eigenvalue weighted by Gasteiger charge is 2.34. The van der Waals surface area contributed by atoms with Crippen LogP contribution in [0, 0.1) is 13.8 Å². The molecule has 3 rings (SSSR count). The van der Waals surface area contributed by atoms with Gasteiger partial charge in [0.2, 0.25) is 5.88 Å². The second-order valence-electron chi connectivity index (χ2n) is 8.30. The van der Waals surface area contributed by atoms with E-state index in [1.54, 1.807) is 11.0 Å². The Morgan fingerprint density at radius 1 is 1.24 bits per heavy atom. The molecule has 1 aromatic heterocycles. The smallest absolute Gasteiger partial charge is 0.339 e. The maximum atomic E-state index is 13.6. The quantitative estimate of drug-likeness (QED) is 0.340. The molecule has 1 aromatic carbocycles. The molecule has 2 aromatic rings. The lowest BCUT2D eigenvalue weighted by atomic mass is 9.94. The molecule has 0 radical (unpaired) electrons. The Balaban J connectivity index is 1.98. The molecule has 1 aliphatic heterocycles. The topological polar surface area (TPSA) is 78.0 Å². The summed E-state index contributed by atoms with van der Waals surface area (Å²) in [5.41, 5.74) is 3.96. The molecule has 0 N–H and O–H groups in total. The summed E-state index contributed by atoms with van der Waals surface area (Å²) in [5.74, 6) is -0.350. The summed E-state index contributed by atoms with van der Waals surface area (Å²) in [4.78, 5) is 32.1. The van der Waals surface area contributed by atoms with Crippen LogP contribution in [-0.4, -0.2) is 49.1 Å². The lowest BCUT2D eigenvalue weighted by Gasteiger charge is -2.31. The summed E-state index contributed by atoms with van der Waals surface area (Å²) in [6.07, 6.45) is 1.37. The van der Waals surface area contributed by atoms with Gasteiger partial charge in [0.05, 0.1) is 30.8 Å². The van der Waals surface area contributed by atoms with Crippen LogP contribution in [-0.2, 0) is 27.2 Å². The molecule has 7 nitrogen and oxygen atoms in total. The van der Waals surface area contributed by atoms with Crippen LogP contribution in [0.4, 0.5) is 0 Å². The predicted molar refractivity (Wildman–Crippen MR) is 131 cm³/mol. The average Bonchev–Trinajstić information content (AvgIpc) is 2.80. The van der Waals surface area contributed by atoms with Crippen LogP contribution in [0.25, 0.3) is 0 Å². The number of unbranched alkanes of at least 4 members (excludes halogenated alkanes) is 1. The van der Waals surface area contributed by atoms with Gasteiger partial charge in [-0.15, -0.1) is 0 Å². The Kier molecular flexibility index (Phi) is 8.79. The fourth-order valence-electron chi connectivity index (χ4n) is 4.10. The van der Waals surface area contributed by atoms with E-state index < -0.39 is 12.1 Å². The maximum absolute atomic E-state index is 13.6. The summed E-state index contributed by atoms with van der Waals surface area (Å²) in [7, 11) is 2.62. The first-order valence-electron chi connectivity index (χ1n) is 11.2. The van der Waals surface area contributed by atoms with E-state index in [1.807, 2.05) is 19.9 Å². The van der Waals surface area contributed by atoms with Crippen LogP contribution in [0.3, 0.4) is 0 Å². The second-order valence-corrected chi connectivity index (χ2v) is 9.08. The summed E-state index contributed by atoms with van der Waals surface area (Å²) >= 11 is 13.2. The fourth-order valence-corrected chi connectivity index (χ4v) is 4.76. The zero-order chi connectivity index (χ0) is 25.0. The lowest BCUT2D eigenvalue weighted by molar-refractivity contribution is -0.152. The van der Waals surface area contributed by atoms with Crippen LogP contribution < -0.4 is 4.74 Å². The Morgan fingerprint density at radius 3 is 2.62 bits per heavy atom. The molecule has 184 valence electrons. The van der Waals surface area contributed by atoms with Gasteiger partial charge in [-0.2, -0.15) is 0 Å². The van der Waals surface area contributed by atoms with Crippen molar-refractivity contribution in [2.75, 3.05) is 27.4 Å². The number of ether oxygens (including phenoxy) is 3. The standard InChI is InChI=1S/C25H30Cl2N2O5/c1-6-7-10-34-23-18(14(2)11-15(3)28-23)13-29-9-8-16-19(26)12-17(21(27)20(16)24(29)30)22(32-4)25(31)33-5/h11-12,22H,6-10,13H2,1-5H3. The number of amides is 1. The molecule has 0 spiro atoms. The summed E-state index contributed by atoms with van der Waals surface area (Å²) in [6.45, 7) is 7.35. The number of benzene rings is 1. The van der Waals surface area contributed by atoms with E-state index in [0.29, 0.717) is 48.1 Å². The molecular formula is C25H30Cl2N2O5. The number of aryl methyl sites for hydroxylation is 2. The third kappa shape index (κ3) is 5.32. The third-order valence-electron chi connectivity index (χ3n) is 5.93. The number of hydrogen-bond acceptors (Lipinski definition) is 6. The van der Waals surface area contributed by atoms with Gasteiger partial charge in [-0.05, 0) is 49.9 Å². The summed E-state index contributed by atoms with van der Waals surface area (Å²) in [5, 5.41) is 0.509. The Labute approximate surface area is 210 Å². The minimum absolute atomic E-state index is 0.143. The molecule has 0 saturated carbocycles. The lowest BCUT2D eigenvalue weighted by Crippen LogP contribution is -2.38. The van der Waals surface area contributed by atoms with E-state index in [0.717, 1.165) is 29.7 Å². The summed E-state index contributed by atoms with van der Waals surface area (Å²) < 4.78 is 16.1. The first kappa shape index (κ1) is 26.3. The van der Waals surface area contributed by atoms with E-state index >= 15 is 0 Å². The normalized spacial score (nSPS) is 14.1. The number of pyridine rings is 1. The number of esters is 1. The largest absolute Gasteiger partial charge is 0.477 e. The summed E-state index contributed by atoms with van der Waals surface area (Å²) in [6, 6.07) is 3.55. The predicted octanol–water partition coefficient (Wildman–Crippen LogP) is 5.24. The highest BCUT2D eigenvalue weighted by atomic mass is 35.5. The van der Waals surface area contributed by atoms with Crippen molar-refractivity contribution in [1.82, 2.24) is 9.88 Å². The van der Waals surface area contributed by atoms with Gasteiger partial charge in [0.25, 0.3) is 5.91 Å². The monoisotopic (exact) mass is 508 g/mol. The van der Waals surface area contributed by atoms with Gasteiger partial charge in [-0.1, -0.05) is 36.5 Å². The number of fused-ring (bicyclic) bond motifs is 1. The van der Waals surface area contributed by atoms with Crippen LogP contribution in [0.5, 0.6) is 5.88 Å². The molecule has 9 heteroatoms. The SMILES string of the molecule is CCCCOc1nc(C)cc(C)c1CN1CCc2c(Cl)cc(C(OC)C(=O)OC)c(Cl)c2C1=O. The third-order valence-corrected chi connectivity index (χ3v) is 6.68. The number of carbonyl (C=O) groups excluding carboxylic acids is 2. The zero-order valence-electron chi connectivity index (χ0n) is 20.2. The number of carbonyl (C=O) groups is 2. The van der Waals surface area contributed by atoms with Crippen molar-refractivity contribution in [2.24, 2.45) is 0 Å². The van der Waals surface area contributed by atoms with E-state index in [-0.39, 0.29) is 16.5 Å². The molecular weight excluding hydrogens is 479 g/mol. The van der Waals surface area contributed by atoms with Crippen molar-refractivity contribution in [1.29, 1.82) is 0 Å². The molecule has 34 heavy (non-hydrogen) atoms. The van der Waals surface area contributed by atoms with Crippen molar-refractivity contribution in [2.45, 2.75) is 52.7 Å². The van der Waals surface area contributed by atoms with Crippen molar-refractivity contribution in [3.63, 3.8) is 0 Å². The first-order chi connectivity index (χ1) is 16.2. The van der Waals surface area contributed by atoms with Gasteiger partial charge in [-0.3, -0.25) is 4.79 Å². The number of aromatic nitrogens is 1. The fraction of sp³-hybridized carbons (Fsp3) is 0.480. The minimum Gasteiger partial charge on any atom is -0.477 e. The Morgan fingerprint density at radius 2 is 1.97 bits per heavy atom. The molecule has 1 aliphatic rings. The van der Waals surface area contributed by atoms with Gasteiger partial charge in [-0.25, -0.2) is 9.78 Å². The van der Waals surface area contributed by atoms with Crippen molar-refractivity contribution >= 4 is 35.1 Å². The molecule has 0 saturated heterocycles. The van der Waals surface area contributed by atoms with E-state index in [1.165, 1.54) is 14.2 Å². The van der Waals surface area contributed by atoms with Crippen LogP contribution >= 0.6 is 23.2 Å². The van der Waals surface area contributed by atoms with E-state index in [2.05, 4.69) is 11.9 Å². The molecule has 2 heterocycles. The van der Waals surface area contributed by atoms with Crippen LogP contribution in [0.2, 0.25) is 10.0 Å². The highest BCUT2D eigenvalue weighted by molar-refractivity contribution is 6.37. The molecule has 1 amide bonds. The Hall–Kier alpha value is -2.35. The zero-order valence-corrected chi connectivity index (χ0v) is 21.7. The van der Waals surface area contributed by atoms with Crippen molar-refractivity contribution < 1.29 is 23.8 Å². The van der Waals surface area contributed by atoms with Gasteiger partial charge >= 0.3 is 5.97 Å². The van der Waals surface area contributed by atoms with E-state index in [9.17, 15) is 9.59 Å². The second kappa shape index (κ2) is 11.4. The molecule has 1 atom stereocenters. The van der Waals surface area contributed by atoms with Gasteiger partial charge < -0.3 is 19.1 Å². The number of methoxy groups -OCH3 is 2. The van der Waals surface area contributed by atoms with Crippen LogP contribution in [0.15, 0.2) is 12.1 Å². The molecule has 0 aliphatic carbocycles. The number of rotatable bonds is 9. The number of halogens is 2. The average molecular weight is 509 g/mol. The molecule has 0 fully saturated rings. The first-order valence-corrected chi connectivity index (χ1v) is 12.0. The van der Waals surface area contributed by atoms with Crippen LogP contribution in [0.1, 0.15) is 64.2 Å². The molecule has 1 unspecified atom stereocenters.